The number of aliphatic hydroxyl groups excluding tert-OH is 1. The highest BCUT2D eigenvalue weighted by Crippen LogP contribution is 2.42. The topological polar surface area (TPSA) is 49.3 Å². The lowest BCUT2D eigenvalue weighted by Gasteiger charge is -2.38. The van der Waals surface area contributed by atoms with Gasteiger partial charge in [-0.1, -0.05) is 26.7 Å². The summed E-state index contributed by atoms with van der Waals surface area (Å²) in [6.07, 6.45) is 8.80. The number of carbonyl (C=O) groups excluding carboxylic acids is 1. The molecule has 110 valence electrons. The SMILES string of the molecule is CC1(C)CCCCC1CC(=O)NC(CCO)C1CC1. The van der Waals surface area contributed by atoms with Gasteiger partial charge in [0.05, 0.1) is 0 Å². The van der Waals surface area contributed by atoms with Crippen molar-refractivity contribution in [3.8, 4) is 0 Å². The van der Waals surface area contributed by atoms with Crippen LogP contribution in [0.15, 0.2) is 0 Å². The fourth-order valence-electron chi connectivity index (χ4n) is 3.50. The molecule has 2 saturated carbocycles. The van der Waals surface area contributed by atoms with E-state index in [1.165, 1.54) is 38.5 Å². The molecule has 0 saturated heterocycles. The normalized spacial score (nSPS) is 27.8. The number of rotatable bonds is 6. The molecular formula is C16H29NO2. The van der Waals surface area contributed by atoms with Gasteiger partial charge in [-0.3, -0.25) is 4.79 Å². The summed E-state index contributed by atoms with van der Waals surface area (Å²) >= 11 is 0. The fourth-order valence-corrected chi connectivity index (χ4v) is 3.50. The third-order valence-electron chi connectivity index (χ3n) is 5.14. The van der Waals surface area contributed by atoms with Crippen molar-refractivity contribution in [1.82, 2.24) is 5.32 Å². The molecule has 2 aliphatic carbocycles. The molecule has 0 spiro atoms. The smallest absolute Gasteiger partial charge is 0.220 e. The zero-order chi connectivity index (χ0) is 13.9. The summed E-state index contributed by atoms with van der Waals surface area (Å²) in [5.74, 6) is 1.34. The van der Waals surface area contributed by atoms with E-state index < -0.39 is 0 Å². The van der Waals surface area contributed by atoms with E-state index in [1.54, 1.807) is 0 Å². The largest absolute Gasteiger partial charge is 0.396 e. The molecule has 3 nitrogen and oxygen atoms in total. The molecule has 1 amide bonds. The Morgan fingerprint density at radius 2 is 2.05 bits per heavy atom. The third kappa shape index (κ3) is 4.20. The van der Waals surface area contributed by atoms with E-state index in [2.05, 4.69) is 19.2 Å². The standard InChI is InChI=1S/C16H29NO2/c1-16(2)9-4-3-5-13(16)11-15(19)17-14(8-10-18)12-6-7-12/h12-14,18H,3-11H2,1-2H3,(H,17,19). The van der Waals surface area contributed by atoms with Crippen LogP contribution in [-0.2, 0) is 4.79 Å². The molecule has 2 aliphatic rings. The van der Waals surface area contributed by atoms with Crippen LogP contribution in [0.2, 0.25) is 0 Å². The average molecular weight is 267 g/mol. The van der Waals surface area contributed by atoms with Gasteiger partial charge in [0.15, 0.2) is 0 Å². The predicted octanol–water partition coefficient (Wildman–Crippen LogP) is 2.87. The maximum atomic E-state index is 12.2. The molecule has 0 aromatic heterocycles. The minimum absolute atomic E-state index is 0.177. The van der Waals surface area contributed by atoms with Gasteiger partial charge in [0, 0.05) is 19.1 Å². The van der Waals surface area contributed by atoms with Crippen molar-refractivity contribution in [2.45, 2.75) is 71.3 Å². The first-order chi connectivity index (χ1) is 9.03. The van der Waals surface area contributed by atoms with Crippen LogP contribution >= 0.6 is 0 Å². The zero-order valence-corrected chi connectivity index (χ0v) is 12.5. The van der Waals surface area contributed by atoms with Crippen molar-refractivity contribution < 1.29 is 9.90 Å². The Morgan fingerprint density at radius 3 is 2.63 bits per heavy atom. The molecule has 19 heavy (non-hydrogen) atoms. The van der Waals surface area contributed by atoms with E-state index in [4.69, 9.17) is 5.11 Å². The maximum Gasteiger partial charge on any atom is 0.220 e. The summed E-state index contributed by atoms with van der Waals surface area (Å²) in [6.45, 7) is 4.78. The molecule has 0 aromatic carbocycles. The first-order valence-corrected chi connectivity index (χ1v) is 7.93. The quantitative estimate of drug-likeness (QED) is 0.777. The van der Waals surface area contributed by atoms with Crippen LogP contribution in [0.1, 0.15) is 65.2 Å². The predicted molar refractivity (Wildman–Crippen MR) is 76.7 cm³/mol. The minimum Gasteiger partial charge on any atom is -0.396 e. The number of nitrogens with one attached hydrogen (secondary N) is 1. The summed E-state index contributed by atoms with van der Waals surface area (Å²) in [5, 5.41) is 12.2. The van der Waals surface area contributed by atoms with Crippen molar-refractivity contribution in [2.75, 3.05) is 6.61 Å². The molecule has 2 unspecified atom stereocenters. The van der Waals surface area contributed by atoms with Crippen molar-refractivity contribution >= 4 is 5.91 Å². The van der Waals surface area contributed by atoms with Crippen LogP contribution in [0.5, 0.6) is 0 Å². The molecule has 2 fully saturated rings. The Kier molecular flexibility index (Phi) is 4.88. The van der Waals surface area contributed by atoms with Crippen LogP contribution in [0.3, 0.4) is 0 Å². The molecule has 0 aromatic rings. The first kappa shape index (κ1) is 14.8. The number of hydrogen-bond donors (Lipinski definition) is 2. The van der Waals surface area contributed by atoms with Gasteiger partial charge >= 0.3 is 0 Å². The summed E-state index contributed by atoms with van der Waals surface area (Å²) in [4.78, 5) is 12.2. The van der Waals surface area contributed by atoms with Crippen molar-refractivity contribution in [1.29, 1.82) is 0 Å². The Bertz CT molecular complexity index is 310. The van der Waals surface area contributed by atoms with E-state index in [9.17, 15) is 4.79 Å². The number of aliphatic hydroxyl groups is 1. The lowest BCUT2D eigenvalue weighted by molar-refractivity contribution is -0.124. The number of amides is 1. The van der Waals surface area contributed by atoms with Crippen molar-refractivity contribution in [3.63, 3.8) is 0 Å². The van der Waals surface area contributed by atoms with Gasteiger partial charge in [-0.05, 0) is 49.4 Å². The van der Waals surface area contributed by atoms with Crippen LogP contribution in [-0.4, -0.2) is 23.7 Å². The van der Waals surface area contributed by atoms with Gasteiger partial charge in [0.2, 0.25) is 5.91 Å². The summed E-state index contributed by atoms with van der Waals surface area (Å²) in [5.41, 5.74) is 0.307. The number of hydrogen-bond acceptors (Lipinski definition) is 2. The van der Waals surface area contributed by atoms with Crippen LogP contribution in [0.4, 0.5) is 0 Å². The molecule has 2 atom stereocenters. The van der Waals surface area contributed by atoms with E-state index >= 15 is 0 Å². The summed E-state index contributed by atoms with van der Waals surface area (Å²) in [6, 6.07) is 0.212. The second kappa shape index (κ2) is 6.25. The molecule has 3 heteroatoms. The van der Waals surface area contributed by atoms with Crippen LogP contribution in [0, 0.1) is 17.3 Å². The lowest BCUT2D eigenvalue weighted by Crippen LogP contribution is -2.40. The molecule has 0 aliphatic heterocycles. The summed E-state index contributed by atoms with van der Waals surface area (Å²) in [7, 11) is 0. The Balaban J connectivity index is 1.82. The molecule has 2 N–H and O–H groups in total. The molecule has 2 rings (SSSR count). The molecule has 0 bridgehead atoms. The van der Waals surface area contributed by atoms with E-state index in [0.29, 0.717) is 30.1 Å². The van der Waals surface area contributed by atoms with Crippen LogP contribution in [0.25, 0.3) is 0 Å². The van der Waals surface area contributed by atoms with Gasteiger partial charge in [0.1, 0.15) is 0 Å². The fraction of sp³-hybridized carbons (Fsp3) is 0.938. The van der Waals surface area contributed by atoms with E-state index in [1.807, 2.05) is 0 Å². The second-order valence-corrected chi connectivity index (χ2v) is 7.16. The van der Waals surface area contributed by atoms with Crippen molar-refractivity contribution in [3.05, 3.63) is 0 Å². The Hall–Kier alpha value is -0.570. The molecule has 0 radical (unpaired) electrons. The third-order valence-corrected chi connectivity index (χ3v) is 5.14. The number of carbonyl (C=O) groups is 1. The maximum absolute atomic E-state index is 12.2. The van der Waals surface area contributed by atoms with Crippen molar-refractivity contribution in [2.24, 2.45) is 17.3 Å². The Labute approximate surface area is 117 Å². The Morgan fingerprint density at radius 1 is 1.32 bits per heavy atom. The zero-order valence-electron chi connectivity index (χ0n) is 12.5. The highest BCUT2D eigenvalue weighted by molar-refractivity contribution is 5.76. The van der Waals surface area contributed by atoms with Gasteiger partial charge in [-0.2, -0.15) is 0 Å². The highest BCUT2D eigenvalue weighted by atomic mass is 16.3. The molecule has 0 heterocycles. The monoisotopic (exact) mass is 267 g/mol. The highest BCUT2D eigenvalue weighted by Gasteiger charge is 2.35. The van der Waals surface area contributed by atoms with E-state index in [0.717, 1.165) is 0 Å². The van der Waals surface area contributed by atoms with Gasteiger partial charge in [-0.25, -0.2) is 0 Å². The first-order valence-electron chi connectivity index (χ1n) is 7.93. The summed E-state index contributed by atoms with van der Waals surface area (Å²) < 4.78 is 0. The average Bonchev–Trinajstić information content (AvgIpc) is 3.15. The lowest BCUT2D eigenvalue weighted by atomic mass is 9.67. The minimum atomic E-state index is 0.177. The molecular weight excluding hydrogens is 238 g/mol. The van der Waals surface area contributed by atoms with Crippen LogP contribution < -0.4 is 5.32 Å². The second-order valence-electron chi connectivity index (χ2n) is 7.16. The van der Waals surface area contributed by atoms with Gasteiger partial charge < -0.3 is 10.4 Å². The van der Waals surface area contributed by atoms with Gasteiger partial charge in [-0.15, -0.1) is 0 Å². The van der Waals surface area contributed by atoms with E-state index in [-0.39, 0.29) is 18.6 Å². The van der Waals surface area contributed by atoms with Gasteiger partial charge in [0.25, 0.3) is 0 Å².